The molecule has 3 rings (SSSR count). The van der Waals surface area contributed by atoms with Gasteiger partial charge in [-0.1, -0.05) is 0 Å². The minimum Gasteiger partial charge on any atom is -0.377 e. The normalized spacial score (nSPS) is 19.6. The van der Waals surface area contributed by atoms with Gasteiger partial charge in [0.05, 0.1) is 0 Å². The third-order valence-corrected chi connectivity index (χ3v) is 4.42. The van der Waals surface area contributed by atoms with Crippen molar-refractivity contribution in [2.45, 2.75) is 37.8 Å². The highest BCUT2D eigenvalue weighted by atomic mass is 19.2. The molecular weight excluding hydrogens is 400 g/mol. The molecule has 4 nitrogen and oxygen atoms in total. The summed E-state index contributed by atoms with van der Waals surface area (Å²) in [5.74, 6) is -13.9. The highest BCUT2D eigenvalue weighted by molar-refractivity contribution is 5.47. The van der Waals surface area contributed by atoms with E-state index < -0.39 is 70.5 Å². The van der Waals surface area contributed by atoms with Crippen LogP contribution in [-0.4, -0.2) is 22.1 Å². The molecule has 0 spiro atoms. The summed E-state index contributed by atoms with van der Waals surface area (Å²) in [6.07, 6.45) is 0.728. The number of nitrogens with zero attached hydrogens (tertiary/aromatic N) is 2. The molecule has 0 unspecified atom stereocenters. The van der Waals surface area contributed by atoms with E-state index in [4.69, 9.17) is 0 Å². The smallest absolute Gasteiger partial charge is 0.253 e. The average Bonchev–Trinajstić information content (AvgIpc) is 2.66. The van der Waals surface area contributed by atoms with Crippen LogP contribution in [0.4, 0.5) is 46.5 Å². The lowest BCUT2D eigenvalue weighted by molar-refractivity contribution is 0.392. The standard InChI is InChI=1S/C16H12F8N4/c17-7-11(8(18)14(22)27-13(7)21)25-5-1-2-6(4-3-5)26-12-9(19)15(23)28-16(24)10(12)20/h5-6H,1-4H2,(H,25,27)(H,26,28). The van der Waals surface area contributed by atoms with Gasteiger partial charge in [-0.05, 0) is 25.7 Å². The zero-order chi connectivity index (χ0) is 20.6. The van der Waals surface area contributed by atoms with E-state index in [1.807, 2.05) is 0 Å². The van der Waals surface area contributed by atoms with Gasteiger partial charge in [0.1, 0.15) is 11.4 Å². The van der Waals surface area contributed by atoms with Crippen LogP contribution < -0.4 is 10.6 Å². The number of hydrogen-bond donors (Lipinski definition) is 2. The van der Waals surface area contributed by atoms with Crippen LogP contribution in [0.15, 0.2) is 0 Å². The molecular formula is C16H12F8N4. The van der Waals surface area contributed by atoms with Crippen LogP contribution in [0.3, 0.4) is 0 Å². The highest BCUT2D eigenvalue weighted by Crippen LogP contribution is 2.30. The summed E-state index contributed by atoms with van der Waals surface area (Å²) in [4.78, 5) is 4.89. The average molecular weight is 412 g/mol. The van der Waals surface area contributed by atoms with Crippen molar-refractivity contribution in [3.8, 4) is 0 Å². The van der Waals surface area contributed by atoms with Crippen LogP contribution in [0.25, 0.3) is 0 Å². The van der Waals surface area contributed by atoms with Gasteiger partial charge in [-0.25, -0.2) is 0 Å². The van der Waals surface area contributed by atoms with Crippen molar-refractivity contribution in [3.05, 3.63) is 47.1 Å². The molecule has 2 aromatic rings. The SMILES string of the molecule is Fc1nc(F)c(F)c(NC2CCC(Nc3c(F)c(F)nc(F)c3F)CC2)c1F. The predicted octanol–water partition coefficient (Wildman–Crippen LogP) is 4.42. The first-order valence-corrected chi connectivity index (χ1v) is 8.12. The molecule has 2 aromatic heterocycles. The van der Waals surface area contributed by atoms with E-state index >= 15 is 0 Å². The van der Waals surface area contributed by atoms with Crippen molar-refractivity contribution in [1.29, 1.82) is 0 Å². The monoisotopic (exact) mass is 412 g/mol. The van der Waals surface area contributed by atoms with Gasteiger partial charge < -0.3 is 10.6 Å². The van der Waals surface area contributed by atoms with Crippen LogP contribution in [0.5, 0.6) is 0 Å². The molecule has 0 atom stereocenters. The second-order valence-electron chi connectivity index (χ2n) is 6.23. The van der Waals surface area contributed by atoms with Crippen LogP contribution >= 0.6 is 0 Å². The van der Waals surface area contributed by atoms with Crippen LogP contribution in [0.1, 0.15) is 25.7 Å². The maximum absolute atomic E-state index is 13.6. The highest BCUT2D eigenvalue weighted by Gasteiger charge is 2.28. The number of aromatic nitrogens is 2. The van der Waals surface area contributed by atoms with Gasteiger partial charge in [-0.15, -0.1) is 0 Å². The van der Waals surface area contributed by atoms with Gasteiger partial charge in [0.15, 0.2) is 0 Å². The lowest BCUT2D eigenvalue weighted by Crippen LogP contribution is -2.33. The zero-order valence-corrected chi connectivity index (χ0v) is 13.9. The molecule has 1 fully saturated rings. The summed E-state index contributed by atoms with van der Waals surface area (Å²) >= 11 is 0. The quantitative estimate of drug-likeness (QED) is 0.577. The first kappa shape index (κ1) is 20.1. The number of pyridine rings is 2. The van der Waals surface area contributed by atoms with Crippen LogP contribution in [0, 0.1) is 47.1 Å². The van der Waals surface area contributed by atoms with Crippen molar-refractivity contribution in [2.75, 3.05) is 10.6 Å². The van der Waals surface area contributed by atoms with Gasteiger partial charge in [0.2, 0.25) is 23.3 Å². The first-order chi connectivity index (χ1) is 13.2. The molecule has 1 aliphatic rings. The maximum atomic E-state index is 13.6. The van der Waals surface area contributed by atoms with Gasteiger partial charge >= 0.3 is 0 Å². The summed E-state index contributed by atoms with van der Waals surface area (Å²) in [7, 11) is 0. The molecule has 0 radical (unpaired) electrons. The Bertz CT molecular complexity index is 773. The fraction of sp³-hybridized carbons (Fsp3) is 0.375. The second-order valence-corrected chi connectivity index (χ2v) is 6.23. The number of nitrogens with one attached hydrogen (secondary N) is 2. The molecule has 0 aliphatic heterocycles. The molecule has 12 heteroatoms. The van der Waals surface area contributed by atoms with Crippen molar-refractivity contribution < 1.29 is 35.1 Å². The minimum atomic E-state index is -1.80. The lowest BCUT2D eigenvalue weighted by atomic mass is 9.90. The maximum Gasteiger partial charge on any atom is 0.253 e. The molecule has 2 N–H and O–H groups in total. The van der Waals surface area contributed by atoms with Crippen molar-refractivity contribution in [1.82, 2.24) is 9.97 Å². The Labute approximate surface area is 153 Å². The van der Waals surface area contributed by atoms with Crippen LogP contribution in [0.2, 0.25) is 0 Å². The van der Waals surface area contributed by atoms with Gasteiger partial charge in [-0.3, -0.25) is 0 Å². The molecule has 0 aromatic carbocycles. The second kappa shape index (κ2) is 7.76. The number of anilines is 2. The first-order valence-electron chi connectivity index (χ1n) is 8.12. The number of rotatable bonds is 4. The van der Waals surface area contributed by atoms with E-state index in [1.54, 1.807) is 0 Å². The zero-order valence-electron chi connectivity index (χ0n) is 13.9. The Morgan fingerprint density at radius 3 is 1.00 bits per heavy atom. The van der Waals surface area contributed by atoms with E-state index in [1.165, 1.54) is 0 Å². The molecule has 2 heterocycles. The fourth-order valence-corrected chi connectivity index (χ4v) is 3.02. The van der Waals surface area contributed by atoms with Gasteiger partial charge in [-0.2, -0.15) is 45.1 Å². The molecule has 1 saturated carbocycles. The van der Waals surface area contributed by atoms with E-state index in [9.17, 15) is 35.1 Å². The third-order valence-electron chi connectivity index (χ3n) is 4.42. The Balaban J connectivity index is 1.67. The third kappa shape index (κ3) is 3.80. The summed E-state index contributed by atoms with van der Waals surface area (Å²) in [5.41, 5.74) is -2.01. The van der Waals surface area contributed by atoms with Crippen LogP contribution in [-0.2, 0) is 0 Å². The Hall–Kier alpha value is -2.66. The molecule has 152 valence electrons. The molecule has 28 heavy (non-hydrogen) atoms. The number of halogens is 8. The lowest BCUT2D eigenvalue weighted by Gasteiger charge is -2.31. The topological polar surface area (TPSA) is 49.8 Å². The summed E-state index contributed by atoms with van der Waals surface area (Å²) in [6, 6.07) is -1.22. The Kier molecular flexibility index (Phi) is 5.57. The molecule has 0 amide bonds. The Morgan fingerprint density at radius 1 is 0.500 bits per heavy atom. The summed E-state index contributed by atoms with van der Waals surface area (Å²) < 4.78 is 107. The Morgan fingerprint density at radius 2 is 0.750 bits per heavy atom. The van der Waals surface area contributed by atoms with Gasteiger partial charge in [0, 0.05) is 12.1 Å². The number of hydrogen-bond acceptors (Lipinski definition) is 4. The van der Waals surface area contributed by atoms with E-state index in [0.29, 0.717) is 0 Å². The minimum absolute atomic E-state index is 0.182. The summed E-state index contributed by atoms with van der Waals surface area (Å²) in [6.45, 7) is 0. The summed E-state index contributed by atoms with van der Waals surface area (Å²) in [5, 5.41) is 4.70. The largest absolute Gasteiger partial charge is 0.377 e. The molecule has 0 saturated heterocycles. The van der Waals surface area contributed by atoms with E-state index in [0.717, 1.165) is 0 Å². The predicted molar refractivity (Wildman–Crippen MR) is 81.4 cm³/mol. The van der Waals surface area contributed by atoms with Gasteiger partial charge in [0.25, 0.3) is 23.8 Å². The van der Waals surface area contributed by atoms with Crippen molar-refractivity contribution >= 4 is 11.4 Å². The molecule has 0 bridgehead atoms. The van der Waals surface area contributed by atoms with E-state index in [-0.39, 0.29) is 25.7 Å². The van der Waals surface area contributed by atoms with Crippen molar-refractivity contribution in [2.24, 2.45) is 0 Å². The fourth-order valence-electron chi connectivity index (χ4n) is 3.02. The van der Waals surface area contributed by atoms with E-state index in [2.05, 4.69) is 20.6 Å². The molecule has 1 aliphatic carbocycles. The van der Waals surface area contributed by atoms with Crippen molar-refractivity contribution in [3.63, 3.8) is 0 Å².